The van der Waals surface area contributed by atoms with E-state index in [0.717, 1.165) is 11.0 Å². The van der Waals surface area contributed by atoms with E-state index in [-0.39, 0.29) is 31.1 Å². The van der Waals surface area contributed by atoms with Crippen LogP contribution in [0.15, 0.2) is 18.2 Å². The van der Waals surface area contributed by atoms with Gasteiger partial charge in [0.1, 0.15) is 0 Å². The van der Waals surface area contributed by atoms with E-state index in [1.807, 2.05) is 0 Å². The lowest BCUT2D eigenvalue weighted by Crippen LogP contribution is -2.33. The number of rotatable bonds is 2. The summed E-state index contributed by atoms with van der Waals surface area (Å²) >= 11 is 0. The van der Waals surface area contributed by atoms with Gasteiger partial charge in [0, 0.05) is 13.1 Å². The zero-order chi connectivity index (χ0) is 12.6. The Hall–Kier alpha value is -1.56. The van der Waals surface area contributed by atoms with E-state index < -0.39 is 11.7 Å². The second kappa shape index (κ2) is 4.03. The molecule has 0 aromatic heterocycles. The molecule has 1 aliphatic heterocycles. The molecule has 2 N–H and O–H groups in total. The fourth-order valence-corrected chi connectivity index (χ4v) is 2.03. The minimum atomic E-state index is -4.46. The fraction of sp³-hybridized carbons (Fsp3) is 0.364. The van der Waals surface area contributed by atoms with Crippen molar-refractivity contribution in [2.75, 3.05) is 18.0 Å². The molecule has 1 heterocycles. The molecule has 92 valence electrons. The van der Waals surface area contributed by atoms with Crippen molar-refractivity contribution in [2.24, 2.45) is 5.73 Å². The zero-order valence-corrected chi connectivity index (χ0v) is 8.92. The molecule has 2 rings (SSSR count). The van der Waals surface area contributed by atoms with E-state index >= 15 is 0 Å². The van der Waals surface area contributed by atoms with Crippen LogP contribution in [0.2, 0.25) is 0 Å². The minimum absolute atomic E-state index is 0.0131. The van der Waals surface area contributed by atoms with Gasteiger partial charge in [-0.05, 0) is 11.6 Å². The number of nitrogens with two attached hydrogens (primary N) is 1. The number of para-hydroxylation sites is 1. The minimum Gasteiger partial charge on any atom is -0.329 e. The lowest BCUT2D eigenvalue weighted by atomic mass is 10.1. The van der Waals surface area contributed by atoms with Crippen molar-refractivity contribution in [3.05, 3.63) is 29.3 Å². The highest BCUT2D eigenvalue weighted by atomic mass is 19.4. The van der Waals surface area contributed by atoms with E-state index in [0.29, 0.717) is 5.56 Å². The summed E-state index contributed by atoms with van der Waals surface area (Å²) in [4.78, 5) is 12.7. The van der Waals surface area contributed by atoms with Crippen LogP contribution in [0, 0.1) is 0 Å². The SMILES string of the molecule is NCCN1C(=O)Cc2cccc(C(F)(F)F)c21. The average Bonchev–Trinajstić information content (AvgIpc) is 2.54. The molecule has 17 heavy (non-hydrogen) atoms. The number of carbonyl (C=O) groups excluding carboxylic acids is 1. The van der Waals surface area contributed by atoms with Gasteiger partial charge in [-0.2, -0.15) is 13.2 Å². The smallest absolute Gasteiger partial charge is 0.329 e. The second-order valence-corrected chi connectivity index (χ2v) is 3.82. The maximum absolute atomic E-state index is 12.8. The summed E-state index contributed by atoms with van der Waals surface area (Å²) in [5.41, 5.74) is 4.93. The third kappa shape index (κ3) is 2.00. The Morgan fingerprint density at radius 2 is 2.06 bits per heavy atom. The highest BCUT2D eigenvalue weighted by molar-refractivity contribution is 6.02. The lowest BCUT2D eigenvalue weighted by Gasteiger charge is -2.20. The Morgan fingerprint density at radius 1 is 1.35 bits per heavy atom. The Balaban J connectivity index is 2.54. The maximum atomic E-state index is 12.8. The maximum Gasteiger partial charge on any atom is 0.418 e. The van der Waals surface area contributed by atoms with Gasteiger partial charge >= 0.3 is 6.18 Å². The Bertz CT molecular complexity index is 457. The molecule has 1 aromatic carbocycles. The van der Waals surface area contributed by atoms with Crippen molar-refractivity contribution < 1.29 is 18.0 Å². The number of amides is 1. The zero-order valence-electron chi connectivity index (χ0n) is 8.92. The van der Waals surface area contributed by atoms with E-state index in [4.69, 9.17) is 5.73 Å². The summed E-state index contributed by atoms with van der Waals surface area (Å²) in [7, 11) is 0. The van der Waals surface area contributed by atoms with Crippen molar-refractivity contribution in [1.29, 1.82) is 0 Å². The molecule has 6 heteroatoms. The first-order chi connectivity index (χ1) is 7.95. The van der Waals surface area contributed by atoms with Gasteiger partial charge in [-0.1, -0.05) is 12.1 Å². The van der Waals surface area contributed by atoms with Gasteiger partial charge in [-0.3, -0.25) is 4.79 Å². The van der Waals surface area contributed by atoms with Crippen LogP contribution >= 0.6 is 0 Å². The summed E-state index contributed by atoms with van der Waals surface area (Å²) in [6, 6.07) is 3.85. The number of alkyl halides is 3. The standard InChI is InChI=1S/C11H11F3N2O/c12-11(13,14)8-3-1-2-7-6-9(17)16(5-4-15)10(7)8/h1-3H,4-6,15H2. The van der Waals surface area contributed by atoms with Gasteiger partial charge in [0.2, 0.25) is 5.91 Å². The number of carbonyl (C=O) groups is 1. The van der Waals surface area contributed by atoms with Crippen molar-refractivity contribution in [3.8, 4) is 0 Å². The normalized spacial score (nSPS) is 15.3. The number of benzene rings is 1. The first-order valence-electron chi connectivity index (χ1n) is 5.14. The number of hydrogen-bond acceptors (Lipinski definition) is 2. The Labute approximate surface area is 96.0 Å². The second-order valence-electron chi connectivity index (χ2n) is 3.82. The van der Waals surface area contributed by atoms with E-state index in [2.05, 4.69) is 0 Å². The van der Waals surface area contributed by atoms with Crippen LogP contribution in [0.4, 0.5) is 18.9 Å². The molecule has 0 fully saturated rings. The molecular weight excluding hydrogens is 233 g/mol. The summed E-state index contributed by atoms with van der Waals surface area (Å²) in [5, 5.41) is 0. The number of fused-ring (bicyclic) bond motifs is 1. The van der Waals surface area contributed by atoms with Crippen molar-refractivity contribution in [2.45, 2.75) is 12.6 Å². The predicted octanol–water partition coefficient (Wildman–Crippen LogP) is 1.55. The van der Waals surface area contributed by atoms with E-state index in [1.165, 1.54) is 6.07 Å². The van der Waals surface area contributed by atoms with Gasteiger partial charge in [0.15, 0.2) is 0 Å². The molecule has 0 spiro atoms. The largest absolute Gasteiger partial charge is 0.418 e. The van der Waals surface area contributed by atoms with Crippen molar-refractivity contribution in [3.63, 3.8) is 0 Å². The Morgan fingerprint density at radius 3 is 2.65 bits per heavy atom. The van der Waals surface area contributed by atoms with Gasteiger partial charge < -0.3 is 10.6 Å². The van der Waals surface area contributed by atoms with Crippen LogP contribution in [0.1, 0.15) is 11.1 Å². The van der Waals surface area contributed by atoms with Crippen LogP contribution in [-0.2, 0) is 17.4 Å². The molecule has 1 amide bonds. The van der Waals surface area contributed by atoms with Gasteiger partial charge in [0.25, 0.3) is 0 Å². The van der Waals surface area contributed by atoms with Crippen LogP contribution < -0.4 is 10.6 Å². The molecule has 0 aliphatic carbocycles. The van der Waals surface area contributed by atoms with E-state index in [9.17, 15) is 18.0 Å². The van der Waals surface area contributed by atoms with Crippen LogP contribution in [-0.4, -0.2) is 19.0 Å². The summed E-state index contributed by atoms with van der Waals surface area (Å²) in [6.45, 7) is 0.246. The number of halogens is 3. The predicted molar refractivity (Wildman–Crippen MR) is 56.6 cm³/mol. The number of nitrogens with zero attached hydrogens (tertiary/aromatic N) is 1. The molecule has 0 bridgehead atoms. The molecule has 0 saturated carbocycles. The van der Waals surface area contributed by atoms with Gasteiger partial charge in [0.05, 0.1) is 17.7 Å². The monoisotopic (exact) mass is 244 g/mol. The van der Waals surface area contributed by atoms with Gasteiger partial charge in [-0.15, -0.1) is 0 Å². The third-order valence-corrected chi connectivity index (χ3v) is 2.69. The van der Waals surface area contributed by atoms with E-state index in [1.54, 1.807) is 6.07 Å². The summed E-state index contributed by atoms with van der Waals surface area (Å²) < 4.78 is 38.4. The van der Waals surface area contributed by atoms with Crippen molar-refractivity contribution >= 4 is 11.6 Å². The molecule has 0 saturated heterocycles. The highest BCUT2D eigenvalue weighted by Gasteiger charge is 2.39. The molecule has 0 unspecified atom stereocenters. The molecule has 1 aliphatic rings. The van der Waals surface area contributed by atoms with Crippen molar-refractivity contribution in [1.82, 2.24) is 0 Å². The molecule has 0 atom stereocenters. The molecule has 0 radical (unpaired) electrons. The molecule has 3 nitrogen and oxygen atoms in total. The lowest BCUT2D eigenvalue weighted by molar-refractivity contribution is -0.137. The first kappa shape index (κ1) is 11.9. The third-order valence-electron chi connectivity index (χ3n) is 2.69. The number of anilines is 1. The summed E-state index contributed by atoms with van der Waals surface area (Å²) in [5.74, 6) is -0.331. The quantitative estimate of drug-likeness (QED) is 0.858. The Kier molecular flexibility index (Phi) is 2.82. The fourth-order valence-electron chi connectivity index (χ4n) is 2.03. The topological polar surface area (TPSA) is 46.3 Å². The average molecular weight is 244 g/mol. The summed E-state index contributed by atoms with van der Waals surface area (Å²) in [6.07, 6.45) is -4.44. The number of hydrogen-bond donors (Lipinski definition) is 1. The first-order valence-corrected chi connectivity index (χ1v) is 5.14. The molecule has 1 aromatic rings. The van der Waals surface area contributed by atoms with Crippen LogP contribution in [0.5, 0.6) is 0 Å². The van der Waals surface area contributed by atoms with Gasteiger partial charge in [-0.25, -0.2) is 0 Å². The highest BCUT2D eigenvalue weighted by Crippen LogP contribution is 2.41. The van der Waals surface area contributed by atoms with Crippen LogP contribution in [0.25, 0.3) is 0 Å². The molecular formula is C11H11F3N2O. The van der Waals surface area contributed by atoms with Crippen LogP contribution in [0.3, 0.4) is 0 Å².